The summed E-state index contributed by atoms with van der Waals surface area (Å²) in [6, 6.07) is 4.00. The van der Waals surface area contributed by atoms with Crippen LogP contribution in [0.1, 0.15) is 48.9 Å². The molecule has 1 aliphatic carbocycles. The van der Waals surface area contributed by atoms with Crippen molar-refractivity contribution in [3.63, 3.8) is 0 Å². The predicted octanol–water partition coefficient (Wildman–Crippen LogP) is 2.34. The number of likely N-dealkylation sites (tertiary alicyclic amines) is 1. The van der Waals surface area contributed by atoms with Crippen LogP contribution in [0.2, 0.25) is 0 Å². The lowest BCUT2D eigenvalue weighted by atomic mass is 9.78. The first-order valence-corrected chi connectivity index (χ1v) is 10.1. The number of rotatable bonds is 7. The first kappa shape index (κ1) is 21.0. The van der Waals surface area contributed by atoms with Crippen molar-refractivity contribution in [2.24, 2.45) is 5.92 Å². The Morgan fingerprint density at radius 3 is 2.76 bits per heavy atom. The Kier molecular flexibility index (Phi) is 7.03. The molecule has 0 spiro atoms. The Labute approximate surface area is 169 Å². The van der Waals surface area contributed by atoms with Crippen molar-refractivity contribution < 1.29 is 24.4 Å². The maximum atomic E-state index is 12.7. The van der Waals surface area contributed by atoms with Gasteiger partial charge in [-0.15, -0.1) is 0 Å². The van der Waals surface area contributed by atoms with E-state index in [1.54, 1.807) is 0 Å². The first-order valence-electron chi connectivity index (χ1n) is 10.1. The summed E-state index contributed by atoms with van der Waals surface area (Å²) < 4.78 is 5.22. The molecule has 29 heavy (non-hydrogen) atoms. The fourth-order valence-electron chi connectivity index (χ4n) is 4.38. The number of piperidine rings is 1. The molecule has 1 heterocycles. The van der Waals surface area contributed by atoms with Crippen LogP contribution in [0.3, 0.4) is 0 Å². The molecule has 2 N–H and O–H groups in total. The number of aliphatic hydroxyl groups excluding tert-OH is 1. The van der Waals surface area contributed by atoms with Gasteiger partial charge in [-0.2, -0.15) is 0 Å². The van der Waals surface area contributed by atoms with Gasteiger partial charge in [-0.25, -0.2) is 4.79 Å². The van der Waals surface area contributed by atoms with Crippen molar-refractivity contribution in [3.05, 3.63) is 33.9 Å². The number of nitro groups is 1. The van der Waals surface area contributed by atoms with E-state index in [0.29, 0.717) is 18.2 Å². The van der Waals surface area contributed by atoms with E-state index in [1.807, 2.05) is 4.90 Å². The van der Waals surface area contributed by atoms with E-state index in [9.17, 15) is 19.7 Å². The molecule has 1 aliphatic heterocycles. The molecule has 1 saturated carbocycles. The van der Waals surface area contributed by atoms with Crippen LogP contribution in [0.4, 0.5) is 11.4 Å². The van der Waals surface area contributed by atoms with Gasteiger partial charge in [0.2, 0.25) is 0 Å². The predicted molar refractivity (Wildman–Crippen MR) is 106 cm³/mol. The zero-order valence-electron chi connectivity index (χ0n) is 16.3. The van der Waals surface area contributed by atoms with Crippen molar-refractivity contribution in [1.82, 2.24) is 4.90 Å². The van der Waals surface area contributed by atoms with Crippen LogP contribution in [-0.4, -0.2) is 59.2 Å². The normalized spacial score (nSPS) is 21.2. The van der Waals surface area contributed by atoms with E-state index in [4.69, 9.17) is 9.84 Å². The SMILES string of the molecule is O=C(OCC(=O)N1CCC[C@H]2CCCC[C@H]21)c1cc([N+](=O)[O-])ccc1NCCO. The summed E-state index contributed by atoms with van der Waals surface area (Å²) in [5.74, 6) is -0.492. The van der Waals surface area contributed by atoms with E-state index >= 15 is 0 Å². The van der Waals surface area contributed by atoms with Gasteiger partial charge in [0.15, 0.2) is 6.61 Å². The second-order valence-corrected chi connectivity index (χ2v) is 7.55. The number of carbonyl (C=O) groups excluding carboxylic acids is 2. The van der Waals surface area contributed by atoms with Gasteiger partial charge in [0.05, 0.1) is 17.1 Å². The number of hydrogen-bond acceptors (Lipinski definition) is 7. The van der Waals surface area contributed by atoms with Gasteiger partial charge in [0, 0.05) is 37.0 Å². The Morgan fingerprint density at radius 1 is 1.24 bits per heavy atom. The average Bonchev–Trinajstić information content (AvgIpc) is 2.75. The van der Waals surface area contributed by atoms with Gasteiger partial charge in [0.1, 0.15) is 0 Å². The minimum Gasteiger partial charge on any atom is -0.452 e. The summed E-state index contributed by atoms with van der Waals surface area (Å²) in [6.45, 7) is 0.303. The Hall–Kier alpha value is -2.68. The monoisotopic (exact) mass is 405 g/mol. The molecule has 0 unspecified atom stereocenters. The third-order valence-corrected chi connectivity index (χ3v) is 5.75. The lowest BCUT2D eigenvalue weighted by Gasteiger charge is -2.44. The van der Waals surface area contributed by atoms with Crippen molar-refractivity contribution in [3.8, 4) is 0 Å². The van der Waals surface area contributed by atoms with Crippen LogP contribution in [-0.2, 0) is 9.53 Å². The summed E-state index contributed by atoms with van der Waals surface area (Å²) >= 11 is 0. The molecule has 1 saturated heterocycles. The fraction of sp³-hybridized carbons (Fsp3) is 0.600. The minimum absolute atomic E-state index is 0.0327. The second-order valence-electron chi connectivity index (χ2n) is 7.55. The van der Waals surface area contributed by atoms with Gasteiger partial charge < -0.3 is 20.1 Å². The lowest BCUT2D eigenvalue weighted by Crippen LogP contribution is -2.50. The molecule has 9 heteroatoms. The molecular weight excluding hydrogens is 378 g/mol. The van der Waals surface area contributed by atoms with Gasteiger partial charge in [-0.1, -0.05) is 12.8 Å². The summed E-state index contributed by atoms with van der Waals surface area (Å²) in [5.41, 5.74) is 0.0287. The van der Waals surface area contributed by atoms with Crippen LogP contribution in [0, 0.1) is 16.0 Å². The van der Waals surface area contributed by atoms with Crippen LogP contribution < -0.4 is 5.32 Å². The standard InChI is InChI=1S/C20H27N3O6/c24-11-9-21-17-8-7-15(23(27)28)12-16(17)20(26)29-13-19(25)22-10-3-5-14-4-1-2-6-18(14)22/h7-8,12,14,18,21,24H,1-6,9-11,13H2/t14-,18-/m1/s1. The number of carbonyl (C=O) groups is 2. The number of ether oxygens (including phenoxy) is 1. The number of hydrogen-bond donors (Lipinski definition) is 2. The molecular formula is C20H27N3O6. The van der Waals surface area contributed by atoms with Crippen molar-refractivity contribution in [2.75, 3.05) is 31.6 Å². The molecule has 2 fully saturated rings. The first-order chi connectivity index (χ1) is 14.0. The molecule has 1 amide bonds. The highest BCUT2D eigenvalue weighted by atomic mass is 16.6. The smallest absolute Gasteiger partial charge is 0.341 e. The molecule has 2 aliphatic rings. The molecule has 3 rings (SSSR count). The summed E-state index contributed by atoms with van der Waals surface area (Å²) in [5, 5.41) is 22.8. The molecule has 0 aromatic heterocycles. The highest BCUT2D eigenvalue weighted by Gasteiger charge is 2.36. The van der Waals surface area contributed by atoms with E-state index in [1.165, 1.54) is 18.6 Å². The number of anilines is 1. The summed E-state index contributed by atoms with van der Waals surface area (Å²) in [7, 11) is 0. The topological polar surface area (TPSA) is 122 Å². The van der Waals surface area contributed by atoms with Crippen LogP contribution in [0.15, 0.2) is 18.2 Å². The van der Waals surface area contributed by atoms with Crippen molar-refractivity contribution >= 4 is 23.3 Å². The highest BCUT2D eigenvalue weighted by Crippen LogP contribution is 2.35. The zero-order valence-corrected chi connectivity index (χ0v) is 16.3. The summed E-state index contributed by atoms with van der Waals surface area (Å²) in [6.07, 6.45) is 6.54. The van der Waals surface area contributed by atoms with E-state index in [-0.39, 0.29) is 43.0 Å². The van der Waals surface area contributed by atoms with Crippen molar-refractivity contribution in [2.45, 2.75) is 44.6 Å². The average molecular weight is 405 g/mol. The number of esters is 1. The minimum atomic E-state index is -0.806. The van der Waals surface area contributed by atoms with Gasteiger partial charge in [-0.3, -0.25) is 14.9 Å². The van der Waals surface area contributed by atoms with Gasteiger partial charge in [-0.05, 0) is 37.7 Å². The van der Waals surface area contributed by atoms with Crippen molar-refractivity contribution in [1.29, 1.82) is 0 Å². The fourth-order valence-corrected chi connectivity index (χ4v) is 4.38. The summed E-state index contributed by atoms with van der Waals surface area (Å²) in [4.78, 5) is 37.6. The van der Waals surface area contributed by atoms with Crippen LogP contribution in [0.25, 0.3) is 0 Å². The number of nitro benzene ring substituents is 1. The number of nitrogens with one attached hydrogen (secondary N) is 1. The Bertz CT molecular complexity index is 767. The quantitative estimate of drug-likeness (QED) is 0.405. The highest BCUT2D eigenvalue weighted by molar-refractivity contribution is 5.97. The molecule has 1 aromatic carbocycles. The number of fused-ring (bicyclic) bond motifs is 1. The van der Waals surface area contributed by atoms with Gasteiger partial charge in [0.25, 0.3) is 11.6 Å². The third kappa shape index (κ3) is 5.03. The number of amides is 1. The largest absolute Gasteiger partial charge is 0.452 e. The molecule has 2 atom stereocenters. The molecule has 9 nitrogen and oxygen atoms in total. The molecule has 0 radical (unpaired) electrons. The van der Waals surface area contributed by atoms with Gasteiger partial charge >= 0.3 is 5.97 Å². The van der Waals surface area contributed by atoms with Crippen LogP contribution >= 0.6 is 0 Å². The van der Waals surface area contributed by atoms with E-state index < -0.39 is 10.9 Å². The van der Waals surface area contributed by atoms with E-state index in [2.05, 4.69) is 5.32 Å². The van der Waals surface area contributed by atoms with E-state index in [0.717, 1.165) is 38.2 Å². The Balaban J connectivity index is 1.67. The molecule has 1 aromatic rings. The number of aliphatic hydroxyl groups is 1. The lowest BCUT2D eigenvalue weighted by molar-refractivity contribution is -0.384. The second kappa shape index (κ2) is 9.69. The zero-order chi connectivity index (χ0) is 20.8. The number of non-ortho nitro benzene ring substituents is 1. The Morgan fingerprint density at radius 2 is 2.00 bits per heavy atom. The van der Waals surface area contributed by atoms with Crippen LogP contribution in [0.5, 0.6) is 0 Å². The number of benzene rings is 1. The maximum Gasteiger partial charge on any atom is 0.341 e. The molecule has 158 valence electrons. The number of nitrogens with zero attached hydrogens (tertiary/aromatic N) is 2. The maximum absolute atomic E-state index is 12.7. The third-order valence-electron chi connectivity index (χ3n) is 5.75. The molecule has 0 bridgehead atoms.